The molecular weight excluding hydrogens is 498 g/mol. The number of ether oxygens (including phenoxy) is 2. The van der Waals surface area contributed by atoms with Crippen LogP contribution in [0.3, 0.4) is 0 Å². The summed E-state index contributed by atoms with van der Waals surface area (Å²) in [6.07, 6.45) is 6.28. The van der Waals surface area contributed by atoms with Gasteiger partial charge in [0.2, 0.25) is 10.0 Å². The molecule has 36 heavy (non-hydrogen) atoms. The Morgan fingerprint density at radius 2 is 2.00 bits per heavy atom. The fourth-order valence-corrected chi connectivity index (χ4v) is 5.98. The van der Waals surface area contributed by atoms with Crippen molar-refractivity contribution in [1.82, 2.24) is 28.5 Å². The van der Waals surface area contributed by atoms with E-state index in [9.17, 15) is 8.42 Å². The Bertz CT molecular complexity index is 1500. The van der Waals surface area contributed by atoms with Gasteiger partial charge in [-0.3, -0.25) is 0 Å². The average Bonchev–Trinajstić information content (AvgIpc) is 3.52. The molecule has 5 rings (SSSR count). The van der Waals surface area contributed by atoms with Crippen molar-refractivity contribution >= 4 is 45.9 Å². The Balaban J connectivity index is 1.57. The van der Waals surface area contributed by atoms with Crippen LogP contribution in [0.1, 0.15) is 6.92 Å². The molecule has 4 aromatic heterocycles. The number of anilines is 1. The summed E-state index contributed by atoms with van der Waals surface area (Å²) >= 11 is 0. The predicted molar refractivity (Wildman–Crippen MR) is 142 cm³/mol. The standard InChI is InChI=1S/C23H33N7O4SSi/c1-17-15-33-11-10-28(17)22-18-6-9-29(35(2,31)32)21(18)19-14-24-30(23(19)25-22)20-7-8-27(26-20)16-34-12-13-36(3,4)5/h6-9,14,17H,10-13,15-16H2,1-5H3/t17-/m1/s1. The van der Waals surface area contributed by atoms with Gasteiger partial charge in [0.1, 0.15) is 12.5 Å². The van der Waals surface area contributed by atoms with Crippen LogP contribution in [-0.2, 0) is 26.2 Å². The second kappa shape index (κ2) is 9.29. The number of fused-ring (bicyclic) bond motifs is 3. The molecule has 1 aliphatic rings. The van der Waals surface area contributed by atoms with Gasteiger partial charge in [-0.2, -0.15) is 14.9 Å². The van der Waals surface area contributed by atoms with E-state index >= 15 is 0 Å². The van der Waals surface area contributed by atoms with Gasteiger partial charge in [-0.1, -0.05) is 19.6 Å². The maximum atomic E-state index is 12.6. The molecule has 1 aliphatic heterocycles. The van der Waals surface area contributed by atoms with Crippen LogP contribution < -0.4 is 4.90 Å². The first kappa shape index (κ1) is 24.9. The fourth-order valence-electron chi connectivity index (χ4n) is 4.41. The first-order chi connectivity index (χ1) is 17.0. The summed E-state index contributed by atoms with van der Waals surface area (Å²) < 4.78 is 41.4. The third-order valence-electron chi connectivity index (χ3n) is 6.36. The van der Waals surface area contributed by atoms with Gasteiger partial charge >= 0.3 is 0 Å². The van der Waals surface area contributed by atoms with E-state index in [0.29, 0.717) is 61.3 Å². The number of morpholine rings is 1. The molecule has 1 saturated heterocycles. The van der Waals surface area contributed by atoms with Crippen LogP contribution in [-0.4, -0.2) is 83.7 Å². The van der Waals surface area contributed by atoms with Gasteiger partial charge in [-0.05, 0) is 19.0 Å². The molecule has 0 aliphatic carbocycles. The van der Waals surface area contributed by atoms with Gasteiger partial charge < -0.3 is 14.4 Å². The Hall–Kier alpha value is -2.74. The summed E-state index contributed by atoms with van der Waals surface area (Å²) in [7, 11) is -4.70. The normalized spacial score (nSPS) is 17.5. The summed E-state index contributed by atoms with van der Waals surface area (Å²) in [5.41, 5.74) is 1.11. The quantitative estimate of drug-likeness (QED) is 0.252. The summed E-state index contributed by atoms with van der Waals surface area (Å²) in [5, 5.41) is 10.6. The van der Waals surface area contributed by atoms with Crippen molar-refractivity contribution in [2.24, 2.45) is 0 Å². The number of pyridine rings is 1. The van der Waals surface area contributed by atoms with Gasteiger partial charge in [0.15, 0.2) is 11.5 Å². The molecule has 1 atom stereocenters. The molecule has 4 aromatic rings. The summed E-state index contributed by atoms with van der Waals surface area (Å²) in [4.78, 5) is 7.17. The van der Waals surface area contributed by atoms with E-state index in [-0.39, 0.29) is 6.04 Å². The van der Waals surface area contributed by atoms with E-state index in [4.69, 9.17) is 14.5 Å². The molecule has 0 amide bonds. The van der Waals surface area contributed by atoms with Crippen molar-refractivity contribution < 1.29 is 17.9 Å². The maximum Gasteiger partial charge on any atom is 0.236 e. The van der Waals surface area contributed by atoms with E-state index in [1.807, 2.05) is 18.3 Å². The minimum atomic E-state index is -3.54. The number of rotatable bonds is 8. The van der Waals surface area contributed by atoms with Crippen LogP contribution in [0, 0.1) is 0 Å². The van der Waals surface area contributed by atoms with Crippen molar-refractivity contribution in [3.8, 4) is 5.82 Å². The molecular formula is C23H33N7O4SSi. The number of hydrogen-bond donors (Lipinski definition) is 0. The molecule has 11 nitrogen and oxygen atoms in total. The van der Waals surface area contributed by atoms with Gasteiger partial charge in [0, 0.05) is 45.1 Å². The molecule has 0 aromatic carbocycles. The second-order valence-corrected chi connectivity index (χ2v) is 18.0. The highest BCUT2D eigenvalue weighted by Gasteiger charge is 2.27. The molecule has 1 fully saturated rings. The smallest absolute Gasteiger partial charge is 0.236 e. The first-order valence-corrected chi connectivity index (χ1v) is 17.6. The van der Waals surface area contributed by atoms with Crippen LogP contribution >= 0.6 is 0 Å². The molecule has 0 bridgehead atoms. The summed E-state index contributed by atoms with van der Waals surface area (Å²) in [6.45, 7) is 11.9. The van der Waals surface area contributed by atoms with Gasteiger partial charge in [-0.15, -0.1) is 0 Å². The lowest BCUT2D eigenvalue weighted by Crippen LogP contribution is -2.44. The largest absolute Gasteiger partial charge is 0.377 e. The van der Waals surface area contributed by atoms with Crippen LogP contribution in [0.25, 0.3) is 27.8 Å². The number of nitrogens with zero attached hydrogens (tertiary/aromatic N) is 7. The lowest BCUT2D eigenvalue weighted by atomic mass is 10.2. The zero-order valence-electron chi connectivity index (χ0n) is 21.4. The lowest BCUT2D eigenvalue weighted by molar-refractivity contribution is 0.0785. The zero-order valence-corrected chi connectivity index (χ0v) is 23.2. The van der Waals surface area contributed by atoms with E-state index in [2.05, 4.69) is 41.7 Å². The molecule has 0 N–H and O–H groups in total. The van der Waals surface area contributed by atoms with Gasteiger partial charge in [-0.25, -0.2) is 22.1 Å². The molecule has 0 spiro atoms. The predicted octanol–water partition coefficient (Wildman–Crippen LogP) is 2.92. The molecule has 5 heterocycles. The van der Waals surface area contributed by atoms with Crippen LogP contribution in [0.4, 0.5) is 5.82 Å². The third-order valence-corrected chi connectivity index (χ3v) is 9.09. The highest BCUT2D eigenvalue weighted by atomic mass is 32.2. The van der Waals surface area contributed by atoms with Crippen LogP contribution in [0.5, 0.6) is 0 Å². The summed E-state index contributed by atoms with van der Waals surface area (Å²) in [6, 6.07) is 4.85. The third kappa shape index (κ3) is 4.79. The Morgan fingerprint density at radius 3 is 2.72 bits per heavy atom. The topological polar surface area (TPSA) is 109 Å². The molecule has 13 heteroatoms. The van der Waals surface area contributed by atoms with Crippen molar-refractivity contribution in [3.05, 3.63) is 30.7 Å². The van der Waals surface area contributed by atoms with Crippen molar-refractivity contribution in [2.45, 2.75) is 45.4 Å². The zero-order chi connectivity index (χ0) is 25.7. The average molecular weight is 532 g/mol. The lowest BCUT2D eigenvalue weighted by Gasteiger charge is -2.34. The Labute approximate surface area is 211 Å². The molecule has 0 radical (unpaired) electrons. The summed E-state index contributed by atoms with van der Waals surface area (Å²) in [5.74, 6) is 1.30. The van der Waals surface area contributed by atoms with Crippen LogP contribution in [0.15, 0.2) is 30.7 Å². The highest BCUT2D eigenvalue weighted by molar-refractivity contribution is 7.89. The van der Waals surface area contributed by atoms with Gasteiger partial charge in [0.25, 0.3) is 0 Å². The highest BCUT2D eigenvalue weighted by Crippen LogP contribution is 2.35. The van der Waals surface area contributed by atoms with Crippen molar-refractivity contribution in [1.29, 1.82) is 0 Å². The monoisotopic (exact) mass is 531 g/mol. The Kier molecular flexibility index (Phi) is 6.43. The van der Waals surface area contributed by atoms with E-state index in [1.54, 1.807) is 21.8 Å². The van der Waals surface area contributed by atoms with Gasteiger partial charge in [0.05, 0.1) is 42.6 Å². The molecule has 0 unspecified atom stereocenters. The SMILES string of the molecule is C[C@@H]1COCCN1c1nc2c(cnn2-c2ccn(COCC[Si](C)(C)C)n2)c2c1ccn2S(C)(=O)=O. The van der Waals surface area contributed by atoms with E-state index < -0.39 is 18.1 Å². The number of hydrogen-bond acceptors (Lipinski definition) is 8. The van der Waals surface area contributed by atoms with E-state index in [0.717, 1.165) is 11.4 Å². The fraction of sp³-hybridized carbons (Fsp3) is 0.522. The van der Waals surface area contributed by atoms with Crippen molar-refractivity contribution in [3.63, 3.8) is 0 Å². The minimum Gasteiger partial charge on any atom is -0.377 e. The van der Waals surface area contributed by atoms with Crippen molar-refractivity contribution in [2.75, 3.05) is 37.5 Å². The maximum absolute atomic E-state index is 12.6. The van der Waals surface area contributed by atoms with E-state index in [1.165, 1.54) is 10.2 Å². The first-order valence-electron chi connectivity index (χ1n) is 12.1. The molecule has 194 valence electrons. The second-order valence-electron chi connectivity index (χ2n) is 10.5. The number of aromatic nitrogens is 6. The Morgan fingerprint density at radius 1 is 1.19 bits per heavy atom. The van der Waals surface area contributed by atoms with Crippen LogP contribution in [0.2, 0.25) is 25.7 Å². The molecule has 0 saturated carbocycles. The minimum absolute atomic E-state index is 0.0948.